The van der Waals surface area contributed by atoms with Crippen LogP contribution in [0.25, 0.3) is 0 Å². The van der Waals surface area contributed by atoms with E-state index in [0.717, 1.165) is 0 Å². The van der Waals surface area contributed by atoms with Gasteiger partial charge < -0.3 is 24.6 Å². The summed E-state index contributed by atoms with van der Waals surface area (Å²) in [4.78, 5) is 39.2. The van der Waals surface area contributed by atoms with E-state index in [1.165, 1.54) is 13.2 Å². The third-order valence-electron chi connectivity index (χ3n) is 5.86. The molecule has 0 saturated carbocycles. The maximum absolute atomic E-state index is 13.7. The number of dihydropyridines is 1. The first-order valence-electron chi connectivity index (χ1n) is 10.7. The van der Waals surface area contributed by atoms with Crippen molar-refractivity contribution in [1.29, 1.82) is 0 Å². The molecule has 1 heterocycles. The van der Waals surface area contributed by atoms with E-state index in [1.807, 2.05) is 6.92 Å². The van der Waals surface area contributed by atoms with Gasteiger partial charge in [0.2, 0.25) is 0 Å². The van der Waals surface area contributed by atoms with Crippen molar-refractivity contribution in [2.24, 2.45) is 11.8 Å². The Morgan fingerprint density at radius 1 is 1.19 bits per heavy atom. The summed E-state index contributed by atoms with van der Waals surface area (Å²) in [5.74, 6) is -3.36. The first-order chi connectivity index (χ1) is 15.2. The van der Waals surface area contributed by atoms with Crippen LogP contribution in [0.2, 0.25) is 0 Å². The van der Waals surface area contributed by atoms with Crippen molar-refractivity contribution >= 4 is 17.7 Å². The molecule has 3 rings (SSSR count). The maximum atomic E-state index is 13.7. The highest BCUT2D eigenvalue weighted by Gasteiger charge is 2.47. The second kappa shape index (κ2) is 9.46. The number of allylic oxidation sites excluding steroid dienone is 3. The van der Waals surface area contributed by atoms with Crippen molar-refractivity contribution in [3.05, 3.63) is 46.3 Å². The molecule has 0 bridgehead atoms. The van der Waals surface area contributed by atoms with Crippen LogP contribution in [0, 0.1) is 11.8 Å². The molecule has 1 aliphatic carbocycles. The molecule has 1 aliphatic heterocycles. The quantitative estimate of drug-likeness (QED) is 0.510. The summed E-state index contributed by atoms with van der Waals surface area (Å²) in [5, 5.41) is 13.3. The van der Waals surface area contributed by atoms with Gasteiger partial charge >= 0.3 is 11.9 Å². The molecule has 3 atom stereocenters. The maximum Gasteiger partial charge on any atom is 0.336 e. The summed E-state index contributed by atoms with van der Waals surface area (Å²) in [6, 6.07) is 4.68. The van der Waals surface area contributed by atoms with Gasteiger partial charge in [-0.1, -0.05) is 13.0 Å². The summed E-state index contributed by atoms with van der Waals surface area (Å²) in [7, 11) is 1.42. The van der Waals surface area contributed by atoms with Crippen LogP contribution in [-0.2, 0) is 23.9 Å². The smallest absolute Gasteiger partial charge is 0.336 e. The SMILES string of the molecule is CCOC(=O)C1=C(C)NC2=C(C(=O)[C@H](C(=O)OCC)[C@H](C)C2)[C@@H]1c1ccc(O)c(OC)c1. The average molecular weight is 443 g/mol. The van der Waals surface area contributed by atoms with Crippen LogP contribution in [0.1, 0.15) is 45.6 Å². The largest absolute Gasteiger partial charge is 0.504 e. The van der Waals surface area contributed by atoms with Gasteiger partial charge in [0.25, 0.3) is 0 Å². The van der Waals surface area contributed by atoms with Crippen LogP contribution in [-0.4, -0.2) is 43.2 Å². The van der Waals surface area contributed by atoms with Crippen LogP contribution in [0.3, 0.4) is 0 Å². The molecule has 2 aliphatic rings. The number of carbonyl (C=O) groups is 3. The zero-order chi connectivity index (χ0) is 23.6. The van der Waals surface area contributed by atoms with Gasteiger partial charge in [0, 0.05) is 22.9 Å². The zero-order valence-electron chi connectivity index (χ0n) is 19.0. The number of phenolic OH excluding ortho intramolecular Hbond substituents is 1. The molecule has 8 heteroatoms. The van der Waals surface area contributed by atoms with Gasteiger partial charge in [-0.25, -0.2) is 4.79 Å². The predicted molar refractivity (Wildman–Crippen MR) is 116 cm³/mol. The van der Waals surface area contributed by atoms with Crippen molar-refractivity contribution < 1.29 is 33.7 Å². The highest BCUT2D eigenvalue weighted by Crippen LogP contribution is 2.46. The summed E-state index contributed by atoms with van der Waals surface area (Å²) in [5.41, 5.74) is 2.44. The Hall–Kier alpha value is -3.29. The number of aromatic hydroxyl groups is 1. The van der Waals surface area contributed by atoms with Gasteiger partial charge in [-0.05, 0) is 50.8 Å². The molecule has 8 nitrogen and oxygen atoms in total. The topological polar surface area (TPSA) is 111 Å². The van der Waals surface area contributed by atoms with E-state index >= 15 is 0 Å². The first-order valence-corrected chi connectivity index (χ1v) is 10.7. The number of ketones is 1. The molecule has 0 saturated heterocycles. The molecular weight excluding hydrogens is 414 g/mol. The molecule has 0 radical (unpaired) electrons. The number of phenols is 1. The van der Waals surface area contributed by atoms with E-state index in [4.69, 9.17) is 14.2 Å². The van der Waals surface area contributed by atoms with E-state index in [9.17, 15) is 19.5 Å². The van der Waals surface area contributed by atoms with Crippen LogP contribution >= 0.6 is 0 Å². The van der Waals surface area contributed by atoms with E-state index in [2.05, 4.69) is 5.32 Å². The number of esters is 2. The third-order valence-corrected chi connectivity index (χ3v) is 5.86. The van der Waals surface area contributed by atoms with Crippen LogP contribution in [0.4, 0.5) is 0 Å². The predicted octanol–water partition coefficient (Wildman–Crippen LogP) is 2.97. The zero-order valence-corrected chi connectivity index (χ0v) is 19.0. The second-order valence-corrected chi connectivity index (χ2v) is 7.92. The Kier molecular flexibility index (Phi) is 6.91. The summed E-state index contributed by atoms with van der Waals surface area (Å²) >= 11 is 0. The number of ether oxygens (including phenoxy) is 3. The minimum atomic E-state index is -0.959. The summed E-state index contributed by atoms with van der Waals surface area (Å²) in [6.45, 7) is 7.34. The standard InChI is InChI=1S/C24H29NO7/c1-6-31-23(28)18-12(3)10-15-21(22(18)27)20(14-8-9-16(26)17(11-14)30-5)19(13(4)25-15)24(29)32-7-2/h8-9,11-12,18,20,25-26H,6-7,10H2,1-5H3/t12-,18-,20-/m1/s1. The second-order valence-electron chi connectivity index (χ2n) is 7.92. The lowest BCUT2D eigenvalue weighted by Gasteiger charge is -2.38. The molecule has 1 aromatic rings. The number of Topliss-reactive ketones (excluding diaryl/α,β-unsaturated/α-hetero) is 1. The number of rotatable bonds is 6. The van der Waals surface area contributed by atoms with E-state index in [0.29, 0.717) is 29.0 Å². The molecular formula is C24H29NO7. The Morgan fingerprint density at radius 3 is 2.50 bits per heavy atom. The highest BCUT2D eigenvalue weighted by molar-refractivity contribution is 6.12. The van der Waals surface area contributed by atoms with Gasteiger partial charge in [-0.2, -0.15) is 0 Å². The molecule has 2 N–H and O–H groups in total. The number of methoxy groups -OCH3 is 1. The number of hydrogen-bond acceptors (Lipinski definition) is 8. The minimum absolute atomic E-state index is 0.0641. The van der Waals surface area contributed by atoms with Crippen molar-refractivity contribution in [3.63, 3.8) is 0 Å². The van der Waals surface area contributed by atoms with E-state index in [1.54, 1.807) is 32.9 Å². The van der Waals surface area contributed by atoms with Crippen molar-refractivity contribution in [2.75, 3.05) is 20.3 Å². The molecule has 0 aromatic heterocycles. The number of benzene rings is 1. The van der Waals surface area contributed by atoms with Crippen molar-refractivity contribution in [2.45, 2.75) is 40.0 Å². The molecule has 0 fully saturated rings. The van der Waals surface area contributed by atoms with Crippen LogP contribution < -0.4 is 10.1 Å². The van der Waals surface area contributed by atoms with Gasteiger partial charge in [-0.15, -0.1) is 0 Å². The highest BCUT2D eigenvalue weighted by atomic mass is 16.5. The minimum Gasteiger partial charge on any atom is -0.504 e. The van der Waals surface area contributed by atoms with E-state index < -0.39 is 23.8 Å². The van der Waals surface area contributed by atoms with Gasteiger partial charge in [-0.3, -0.25) is 9.59 Å². The first kappa shape index (κ1) is 23.4. The fraction of sp³-hybridized carbons (Fsp3) is 0.458. The van der Waals surface area contributed by atoms with Crippen LogP contribution in [0.5, 0.6) is 11.5 Å². The monoisotopic (exact) mass is 443 g/mol. The lowest BCUT2D eigenvalue weighted by molar-refractivity contribution is -0.153. The normalized spacial score (nSPS) is 22.8. The lowest BCUT2D eigenvalue weighted by atomic mass is 9.69. The lowest BCUT2D eigenvalue weighted by Crippen LogP contribution is -2.43. The average Bonchev–Trinajstić information content (AvgIpc) is 2.73. The fourth-order valence-corrected chi connectivity index (χ4v) is 4.47. The summed E-state index contributed by atoms with van der Waals surface area (Å²) < 4.78 is 15.7. The molecule has 0 unspecified atom stereocenters. The molecule has 32 heavy (non-hydrogen) atoms. The molecule has 1 aromatic carbocycles. The van der Waals surface area contributed by atoms with Crippen LogP contribution in [0.15, 0.2) is 40.7 Å². The number of nitrogens with one attached hydrogen (secondary N) is 1. The molecule has 0 spiro atoms. The molecule has 0 amide bonds. The Morgan fingerprint density at radius 2 is 1.88 bits per heavy atom. The fourth-order valence-electron chi connectivity index (χ4n) is 4.47. The Labute approximate surface area is 187 Å². The number of carbonyl (C=O) groups excluding carboxylic acids is 3. The van der Waals surface area contributed by atoms with Gasteiger partial charge in [0.05, 0.1) is 25.9 Å². The third kappa shape index (κ3) is 4.09. The van der Waals surface area contributed by atoms with Crippen molar-refractivity contribution in [1.82, 2.24) is 5.32 Å². The van der Waals surface area contributed by atoms with Crippen molar-refractivity contribution in [3.8, 4) is 11.5 Å². The Balaban J connectivity index is 2.20. The van der Waals surface area contributed by atoms with Gasteiger partial charge in [0.15, 0.2) is 17.3 Å². The van der Waals surface area contributed by atoms with Gasteiger partial charge in [0.1, 0.15) is 5.92 Å². The molecule has 172 valence electrons. The van der Waals surface area contributed by atoms with E-state index in [-0.39, 0.29) is 42.0 Å². The number of hydrogen-bond donors (Lipinski definition) is 2. The Bertz CT molecular complexity index is 1010. The summed E-state index contributed by atoms with van der Waals surface area (Å²) in [6.07, 6.45) is 0.448.